The zero-order valence-electron chi connectivity index (χ0n) is 11.5. The van der Waals surface area contributed by atoms with E-state index in [1.807, 2.05) is 0 Å². The lowest BCUT2D eigenvalue weighted by molar-refractivity contribution is -0.148. The Bertz CT molecular complexity index is 485. The van der Waals surface area contributed by atoms with E-state index in [0.29, 0.717) is 5.56 Å². The molecular formula is C15H19NO4. The Morgan fingerprint density at radius 2 is 2.20 bits per heavy atom. The van der Waals surface area contributed by atoms with E-state index in [1.165, 1.54) is 17.0 Å². The van der Waals surface area contributed by atoms with Crippen LogP contribution < -0.4 is 0 Å². The normalized spacial score (nSPS) is 9.85. The van der Waals surface area contributed by atoms with Crippen molar-refractivity contribution < 1.29 is 19.4 Å². The number of phenols is 1. The molecule has 1 rings (SSSR count). The smallest absolute Gasteiger partial charge is 0.325 e. The van der Waals surface area contributed by atoms with Crippen molar-refractivity contribution >= 4 is 11.9 Å². The van der Waals surface area contributed by atoms with Crippen LogP contribution in [0, 0.1) is 0 Å². The Balaban J connectivity index is 2.68. The molecule has 5 heteroatoms. The molecule has 0 aliphatic heterocycles. The molecule has 20 heavy (non-hydrogen) atoms. The van der Waals surface area contributed by atoms with Crippen molar-refractivity contribution in [3.05, 3.63) is 42.5 Å². The highest BCUT2D eigenvalue weighted by atomic mass is 16.5. The third-order valence-corrected chi connectivity index (χ3v) is 2.59. The first kappa shape index (κ1) is 15.8. The molecule has 0 aliphatic carbocycles. The molecule has 0 spiro atoms. The standard InChI is InChI=1S/C15H19NO4/c1-3-8-16(11-15(19)20-4-2)14(18)10-12-6-5-7-13(17)9-12/h3,5-7,9,17H,1,4,8,10-11H2,2H3. The van der Waals surface area contributed by atoms with Gasteiger partial charge < -0.3 is 14.7 Å². The maximum absolute atomic E-state index is 12.1. The Labute approximate surface area is 118 Å². The zero-order chi connectivity index (χ0) is 15.0. The predicted molar refractivity (Wildman–Crippen MR) is 75.2 cm³/mol. The summed E-state index contributed by atoms with van der Waals surface area (Å²) in [5.74, 6) is -0.557. The second-order valence-corrected chi connectivity index (χ2v) is 4.21. The van der Waals surface area contributed by atoms with E-state index in [2.05, 4.69) is 6.58 Å². The van der Waals surface area contributed by atoms with E-state index < -0.39 is 5.97 Å². The number of ether oxygens (including phenoxy) is 1. The van der Waals surface area contributed by atoms with Gasteiger partial charge in [-0.2, -0.15) is 0 Å². The van der Waals surface area contributed by atoms with Gasteiger partial charge in [-0.15, -0.1) is 6.58 Å². The van der Waals surface area contributed by atoms with Crippen LogP contribution in [0.25, 0.3) is 0 Å². The lowest BCUT2D eigenvalue weighted by Gasteiger charge is -2.20. The Morgan fingerprint density at radius 1 is 1.45 bits per heavy atom. The highest BCUT2D eigenvalue weighted by Crippen LogP contribution is 2.12. The van der Waals surface area contributed by atoms with Crippen LogP contribution >= 0.6 is 0 Å². The minimum Gasteiger partial charge on any atom is -0.508 e. The first-order valence-corrected chi connectivity index (χ1v) is 6.39. The van der Waals surface area contributed by atoms with Crippen LogP contribution in [0.3, 0.4) is 0 Å². The Hall–Kier alpha value is -2.30. The second-order valence-electron chi connectivity index (χ2n) is 4.21. The molecule has 1 N–H and O–H groups in total. The SMILES string of the molecule is C=CCN(CC(=O)OCC)C(=O)Cc1cccc(O)c1. The van der Waals surface area contributed by atoms with Crippen molar-refractivity contribution in [1.82, 2.24) is 4.90 Å². The average Bonchev–Trinajstić information content (AvgIpc) is 2.38. The van der Waals surface area contributed by atoms with E-state index in [0.717, 1.165) is 0 Å². The van der Waals surface area contributed by atoms with Crippen molar-refractivity contribution in [3.63, 3.8) is 0 Å². The fourth-order valence-electron chi connectivity index (χ4n) is 1.73. The monoisotopic (exact) mass is 277 g/mol. The van der Waals surface area contributed by atoms with Crippen LogP contribution in [0.5, 0.6) is 5.75 Å². The highest BCUT2D eigenvalue weighted by molar-refractivity contribution is 5.83. The number of amides is 1. The Kier molecular flexibility index (Phi) is 6.29. The molecule has 1 aromatic rings. The number of rotatable bonds is 7. The molecule has 0 radical (unpaired) electrons. The van der Waals surface area contributed by atoms with Crippen LogP contribution in [-0.2, 0) is 20.7 Å². The van der Waals surface area contributed by atoms with Gasteiger partial charge in [-0.05, 0) is 24.6 Å². The molecule has 0 fully saturated rings. The number of hydrogen-bond donors (Lipinski definition) is 1. The molecule has 0 saturated carbocycles. The molecule has 0 aliphatic rings. The van der Waals surface area contributed by atoms with Gasteiger partial charge in [0, 0.05) is 6.54 Å². The molecule has 0 atom stereocenters. The number of nitrogens with zero attached hydrogens (tertiary/aromatic N) is 1. The largest absolute Gasteiger partial charge is 0.508 e. The van der Waals surface area contributed by atoms with Crippen molar-refractivity contribution in [2.45, 2.75) is 13.3 Å². The van der Waals surface area contributed by atoms with Crippen LogP contribution in [-0.4, -0.2) is 41.6 Å². The van der Waals surface area contributed by atoms with Gasteiger partial charge in [0.15, 0.2) is 0 Å². The van der Waals surface area contributed by atoms with Gasteiger partial charge in [-0.1, -0.05) is 18.2 Å². The number of esters is 1. The lowest BCUT2D eigenvalue weighted by atomic mass is 10.1. The first-order chi connectivity index (χ1) is 9.56. The highest BCUT2D eigenvalue weighted by Gasteiger charge is 2.17. The van der Waals surface area contributed by atoms with Crippen molar-refractivity contribution in [3.8, 4) is 5.75 Å². The van der Waals surface area contributed by atoms with E-state index in [1.54, 1.807) is 25.1 Å². The number of aromatic hydroxyl groups is 1. The number of benzene rings is 1. The molecule has 1 amide bonds. The van der Waals surface area contributed by atoms with E-state index in [-0.39, 0.29) is 37.8 Å². The van der Waals surface area contributed by atoms with Crippen LogP contribution in [0.2, 0.25) is 0 Å². The summed E-state index contributed by atoms with van der Waals surface area (Å²) in [5.41, 5.74) is 0.688. The second kappa shape index (κ2) is 7.99. The molecule has 0 heterocycles. The van der Waals surface area contributed by atoms with Gasteiger partial charge in [0.2, 0.25) is 5.91 Å². The number of phenolic OH excluding ortho intramolecular Hbond substituents is 1. The molecule has 5 nitrogen and oxygen atoms in total. The van der Waals surface area contributed by atoms with Crippen molar-refractivity contribution in [1.29, 1.82) is 0 Å². The maximum atomic E-state index is 12.1. The van der Waals surface area contributed by atoms with E-state index in [4.69, 9.17) is 4.74 Å². The topological polar surface area (TPSA) is 66.8 Å². The van der Waals surface area contributed by atoms with Gasteiger partial charge in [-0.3, -0.25) is 9.59 Å². The molecule has 0 saturated heterocycles. The minimum absolute atomic E-state index is 0.0997. The minimum atomic E-state index is -0.446. The van der Waals surface area contributed by atoms with Gasteiger partial charge in [-0.25, -0.2) is 0 Å². The molecular weight excluding hydrogens is 258 g/mol. The summed E-state index contributed by atoms with van der Waals surface area (Å²) >= 11 is 0. The summed E-state index contributed by atoms with van der Waals surface area (Å²) in [6.07, 6.45) is 1.67. The molecule has 0 unspecified atom stereocenters. The lowest BCUT2D eigenvalue weighted by Crippen LogP contribution is -2.37. The van der Waals surface area contributed by atoms with Crippen LogP contribution in [0.4, 0.5) is 0 Å². The predicted octanol–water partition coefficient (Wildman–Crippen LogP) is 1.51. The molecule has 1 aromatic carbocycles. The average molecular weight is 277 g/mol. The Morgan fingerprint density at radius 3 is 2.80 bits per heavy atom. The summed E-state index contributed by atoms with van der Waals surface area (Å²) in [6, 6.07) is 6.47. The summed E-state index contributed by atoms with van der Waals surface area (Å²) < 4.78 is 4.83. The van der Waals surface area contributed by atoms with E-state index in [9.17, 15) is 14.7 Å². The van der Waals surface area contributed by atoms with Gasteiger partial charge in [0.25, 0.3) is 0 Å². The quantitative estimate of drug-likeness (QED) is 0.606. The number of hydrogen-bond acceptors (Lipinski definition) is 4. The fourth-order valence-corrected chi connectivity index (χ4v) is 1.73. The van der Waals surface area contributed by atoms with E-state index >= 15 is 0 Å². The van der Waals surface area contributed by atoms with Gasteiger partial charge in [0.05, 0.1) is 13.0 Å². The molecule has 0 aromatic heterocycles. The zero-order valence-corrected chi connectivity index (χ0v) is 11.5. The molecule has 0 bridgehead atoms. The summed E-state index contributed by atoms with van der Waals surface area (Å²) in [4.78, 5) is 25.0. The van der Waals surface area contributed by atoms with Gasteiger partial charge in [0.1, 0.15) is 12.3 Å². The fraction of sp³-hybridized carbons (Fsp3) is 0.333. The van der Waals surface area contributed by atoms with Crippen LogP contribution in [0.15, 0.2) is 36.9 Å². The summed E-state index contributed by atoms with van der Waals surface area (Å²) in [6.45, 7) is 5.74. The number of carbonyl (C=O) groups is 2. The maximum Gasteiger partial charge on any atom is 0.325 e. The van der Waals surface area contributed by atoms with Crippen molar-refractivity contribution in [2.24, 2.45) is 0 Å². The van der Waals surface area contributed by atoms with Crippen LogP contribution in [0.1, 0.15) is 12.5 Å². The summed E-state index contributed by atoms with van der Waals surface area (Å²) in [5, 5.41) is 9.37. The first-order valence-electron chi connectivity index (χ1n) is 6.39. The third-order valence-electron chi connectivity index (χ3n) is 2.59. The number of carbonyl (C=O) groups excluding carboxylic acids is 2. The third kappa shape index (κ3) is 5.14. The van der Waals surface area contributed by atoms with Gasteiger partial charge >= 0.3 is 5.97 Å². The summed E-state index contributed by atoms with van der Waals surface area (Å²) in [7, 11) is 0. The van der Waals surface area contributed by atoms with Crippen molar-refractivity contribution in [2.75, 3.05) is 19.7 Å². The molecule has 108 valence electrons.